The van der Waals surface area contributed by atoms with Crippen molar-refractivity contribution in [2.45, 2.75) is 6.18 Å². The van der Waals surface area contributed by atoms with Gasteiger partial charge in [0.25, 0.3) is 0 Å². The molecule has 0 amide bonds. The van der Waals surface area contributed by atoms with Crippen LogP contribution in [0, 0.1) is 0 Å². The van der Waals surface area contributed by atoms with Crippen LogP contribution in [0.4, 0.5) is 13.2 Å². The third-order valence-electron chi connectivity index (χ3n) is 1.23. The highest BCUT2D eigenvalue weighted by atomic mass is 79.9. The Kier molecular flexibility index (Phi) is 2.27. The van der Waals surface area contributed by atoms with Gasteiger partial charge < -0.3 is 3.93 Å². The van der Waals surface area contributed by atoms with E-state index in [9.17, 15) is 13.2 Å². The summed E-state index contributed by atoms with van der Waals surface area (Å²) >= 11 is 3.02. The molecule has 1 heterocycles. The number of alkyl halides is 3. The summed E-state index contributed by atoms with van der Waals surface area (Å²) in [5, 5.41) is 0. The van der Waals surface area contributed by atoms with Gasteiger partial charge in [-0.05, 0) is 6.08 Å². The first-order chi connectivity index (χ1) is 5.00. The average Bonchev–Trinajstić information content (AvgIpc) is 1.86. The molecule has 0 bridgehead atoms. The number of halogens is 4. The molecule has 1 aliphatic rings. The van der Waals surface area contributed by atoms with E-state index in [1.807, 2.05) is 0 Å². The molecular weight excluding hydrogens is 223 g/mol. The van der Waals surface area contributed by atoms with E-state index in [0.29, 0.717) is 0 Å². The monoisotopic (exact) mass is 227 g/mol. The fraction of sp³-hybridized carbons (Fsp3) is 0.333. The van der Waals surface area contributed by atoms with E-state index in [-0.39, 0.29) is 6.54 Å². The van der Waals surface area contributed by atoms with Crippen LogP contribution in [-0.4, -0.2) is 16.6 Å². The van der Waals surface area contributed by atoms with Crippen LogP contribution in [0.1, 0.15) is 0 Å². The molecule has 0 unspecified atom stereocenters. The van der Waals surface area contributed by atoms with Crippen molar-refractivity contribution in [1.29, 1.82) is 0 Å². The molecule has 62 valence electrons. The standard InChI is InChI=1S/C6H5BrF3N/c7-11-3-1-5(2-4-11)6(8,9)10/h1-3H,4H2. The van der Waals surface area contributed by atoms with Gasteiger partial charge in [-0.25, -0.2) is 0 Å². The van der Waals surface area contributed by atoms with E-state index in [1.54, 1.807) is 0 Å². The summed E-state index contributed by atoms with van der Waals surface area (Å²) in [6.07, 6.45) is -0.736. The predicted molar refractivity (Wildman–Crippen MR) is 38.9 cm³/mol. The van der Waals surface area contributed by atoms with Crippen LogP contribution >= 0.6 is 16.1 Å². The average molecular weight is 228 g/mol. The molecule has 0 spiro atoms. The van der Waals surface area contributed by atoms with Crippen LogP contribution in [0.3, 0.4) is 0 Å². The third kappa shape index (κ3) is 2.25. The molecule has 0 fully saturated rings. The number of nitrogens with zero attached hydrogens (tertiary/aromatic N) is 1. The maximum absolute atomic E-state index is 11.9. The van der Waals surface area contributed by atoms with Gasteiger partial charge in [-0.15, -0.1) is 0 Å². The molecule has 1 nitrogen and oxygen atoms in total. The van der Waals surface area contributed by atoms with Gasteiger partial charge in [0.05, 0.1) is 5.57 Å². The lowest BCUT2D eigenvalue weighted by molar-refractivity contribution is -0.0887. The Bertz CT molecular complexity index is 206. The molecule has 1 rings (SSSR count). The minimum Gasteiger partial charge on any atom is -0.312 e. The second kappa shape index (κ2) is 2.89. The van der Waals surface area contributed by atoms with Crippen molar-refractivity contribution in [1.82, 2.24) is 3.93 Å². The Morgan fingerprint density at radius 2 is 2.09 bits per heavy atom. The summed E-state index contributed by atoms with van der Waals surface area (Å²) in [4.78, 5) is 0. The molecule has 0 N–H and O–H groups in total. The molecule has 0 atom stereocenters. The van der Waals surface area contributed by atoms with Gasteiger partial charge in [-0.3, -0.25) is 0 Å². The number of allylic oxidation sites excluding steroid dienone is 2. The molecule has 0 saturated heterocycles. The molecular formula is C6H5BrF3N. The molecule has 0 aliphatic carbocycles. The lowest BCUT2D eigenvalue weighted by Gasteiger charge is -2.16. The van der Waals surface area contributed by atoms with Gasteiger partial charge in [-0.1, -0.05) is 6.08 Å². The Labute approximate surface area is 70.5 Å². The second-order valence-electron chi connectivity index (χ2n) is 2.06. The molecule has 1 aliphatic heterocycles. The normalized spacial score (nSPS) is 18.5. The van der Waals surface area contributed by atoms with Crippen LogP contribution in [0.25, 0.3) is 0 Å². The zero-order valence-electron chi connectivity index (χ0n) is 5.40. The quantitative estimate of drug-likeness (QED) is 0.576. The fourth-order valence-electron chi connectivity index (χ4n) is 0.686. The summed E-state index contributed by atoms with van der Waals surface area (Å²) in [6.45, 7) is 0.241. The molecule has 0 radical (unpaired) electrons. The summed E-state index contributed by atoms with van der Waals surface area (Å²) in [5.41, 5.74) is -0.590. The summed E-state index contributed by atoms with van der Waals surface area (Å²) in [5.74, 6) is 0. The molecule has 5 heteroatoms. The first-order valence-corrected chi connectivity index (χ1v) is 3.59. The highest BCUT2D eigenvalue weighted by Gasteiger charge is 2.32. The van der Waals surface area contributed by atoms with Crippen molar-refractivity contribution in [3.63, 3.8) is 0 Å². The van der Waals surface area contributed by atoms with Crippen molar-refractivity contribution >= 4 is 16.1 Å². The first-order valence-electron chi connectivity index (χ1n) is 2.88. The van der Waals surface area contributed by atoms with Crippen LogP contribution in [-0.2, 0) is 0 Å². The van der Waals surface area contributed by atoms with Gasteiger partial charge in [0.15, 0.2) is 0 Å². The largest absolute Gasteiger partial charge is 0.416 e. The van der Waals surface area contributed by atoms with Crippen molar-refractivity contribution in [2.24, 2.45) is 0 Å². The zero-order valence-corrected chi connectivity index (χ0v) is 6.98. The SMILES string of the molecule is FC(F)(F)C1=CCN(Br)C=C1. The lowest BCUT2D eigenvalue weighted by Crippen LogP contribution is -2.16. The predicted octanol–water partition coefficient (Wildman–Crippen LogP) is 2.61. The summed E-state index contributed by atoms with van der Waals surface area (Å²) in [6, 6.07) is 0. The Hall–Kier alpha value is -0.450. The Morgan fingerprint density at radius 1 is 1.45 bits per heavy atom. The molecule has 0 aromatic heterocycles. The number of rotatable bonds is 0. The number of hydrogen-bond acceptors (Lipinski definition) is 1. The van der Waals surface area contributed by atoms with Gasteiger partial charge in [-0.2, -0.15) is 13.2 Å². The van der Waals surface area contributed by atoms with Crippen molar-refractivity contribution in [3.8, 4) is 0 Å². The fourth-order valence-corrected chi connectivity index (χ4v) is 0.949. The summed E-state index contributed by atoms with van der Waals surface area (Å²) < 4.78 is 37.2. The minimum absolute atomic E-state index is 0.241. The Balaban J connectivity index is 2.71. The van der Waals surface area contributed by atoms with E-state index in [4.69, 9.17) is 0 Å². The lowest BCUT2D eigenvalue weighted by atomic mass is 10.2. The van der Waals surface area contributed by atoms with Crippen LogP contribution < -0.4 is 0 Å². The minimum atomic E-state index is -4.22. The van der Waals surface area contributed by atoms with Crippen LogP contribution in [0.15, 0.2) is 23.9 Å². The van der Waals surface area contributed by atoms with E-state index < -0.39 is 11.7 Å². The molecule has 0 saturated carbocycles. The topological polar surface area (TPSA) is 3.24 Å². The van der Waals surface area contributed by atoms with Gasteiger partial charge in [0, 0.05) is 28.9 Å². The maximum Gasteiger partial charge on any atom is 0.416 e. The molecule has 0 aromatic rings. The summed E-state index contributed by atoms with van der Waals surface area (Å²) in [7, 11) is 0. The highest BCUT2D eigenvalue weighted by Crippen LogP contribution is 2.28. The zero-order chi connectivity index (χ0) is 8.48. The van der Waals surface area contributed by atoms with Crippen molar-refractivity contribution < 1.29 is 13.2 Å². The maximum atomic E-state index is 11.9. The smallest absolute Gasteiger partial charge is 0.312 e. The third-order valence-corrected chi connectivity index (χ3v) is 1.75. The molecule has 11 heavy (non-hydrogen) atoms. The van der Waals surface area contributed by atoms with E-state index >= 15 is 0 Å². The van der Waals surface area contributed by atoms with Crippen LogP contribution in [0.5, 0.6) is 0 Å². The van der Waals surface area contributed by atoms with E-state index in [2.05, 4.69) is 16.1 Å². The highest BCUT2D eigenvalue weighted by molar-refractivity contribution is 9.07. The van der Waals surface area contributed by atoms with E-state index in [0.717, 1.165) is 12.2 Å². The molecule has 0 aromatic carbocycles. The van der Waals surface area contributed by atoms with Gasteiger partial charge >= 0.3 is 6.18 Å². The van der Waals surface area contributed by atoms with Gasteiger partial charge in [0.1, 0.15) is 0 Å². The number of hydrogen-bond donors (Lipinski definition) is 0. The van der Waals surface area contributed by atoms with Crippen molar-refractivity contribution in [3.05, 3.63) is 23.9 Å². The Morgan fingerprint density at radius 3 is 2.45 bits per heavy atom. The first kappa shape index (κ1) is 8.64. The second-order valence-corrected chi connectivity index (χ2v) is 2.97. The van der Waals surface area contributed by atoms with E-state index in [1.165, 1.54) is 10.1 Å². The van der Waals surface area contributed by atoms with Crippen LogP contribution in [0.2, 0.25) is 0 Å². The van der Waals surface area contributed by atoms with Gasteiger partial charge in [0.2, 0.25) is 0 Å². The van der Waals surface area contributed by atoms with Crippen molar-refractivity contribution in [2.75, 3.05) is 6.54 Å².